The molecule has 1 aliphatic rings. The molecule has 1 saturated heterocycles. The number of rotatable bonds is 6. The fraction of sp³-hybridized carbons (Fsp3) is 0.200. The number of nitrogens with zero attached hydrogens (tertiary/aromatic N) is 1. The van der Waals surface area contributed by atoms with Crippen LogP contribution in [0.5, 0.6) is 0 Å². The van der Waals surface area contributed by atoms with Crippen LogP contribution in [0.4, 0.5) is 9.52 Å². The quantitative estimate of drug-likeness (QED) is 0.542. The van der Waals surface area contributed by atoms with E-state index in [-0.39, 0.29) is 34.2 Å². The van der Waals surface area contributed by atoms with Crippen LogP contribution in [0.15, 0.2) is 58.8 Å². The van der Waals surface area contributed by atoms with Gasteiger partial charge in [0.25, 0.3) is 5.91 Å². The van der Waals surface area contributed by atoms with Crippen molar-refractivity contribution in [1.29, 1.82) is 0 Å². The number of carbonyl (C=O) groups is 1. The molecule has 0 bridgehead atoms. The molecule has 2 N–H and O–H groups in total. The highest BCUT2D eigenvalue weighted by molar-refractivity contribution is 7.92. The number of sulfone groups is 1. The second-order valence-corrected chi connectivity index (χ2v) is 12.0. The summed E-state index contributed by atoms with van der Waals surface area (Å²) in [6.45, 7) is 0. The van der Waals surface area contributed by atoms with Crippen LogP contribution in [0.1, 0.15) is 16.8 Å². The maximum Gasteiger partial charge on any atom is 0.257 e. The lowest BCUT2D eigenvalue weighted by molar-refractivity contribution is 0.102. The standard InChI is InChI=1S/C20H18FN3O5S3/c21-15-5-1-13(2-6-15)18-11-30-20(22-18)23-19(25)14-3-7-17(8-4-14)32(28,29)24-16-9-10-31(26,27)12-16/h1-8,11,16,24H,9-10,12H2,(H,22,23,25). The van der Waals surface area contributed by atoms with Gasteiger partial charge in [-0.3, -0.25) is 10.1 Å². The molecule has 1 fully saturated rings. The Balaban J connectivity index is 1.41. The van der Waals surface area contributed by atoms with Crippen molar-refractivity contribution in [3.05, 3.63) is 65.3 Å². The normalized spacial score (nSPS) is 17.8. The van der Waals surface area contributed by atoms with E-state index in [1.54, 1.807) is 17.5 Å². The van der Waals surface area contributed by atoms with Gasteiger partial charge < -0.3 is 0 Å². The zero-order chi connectivity index (χ0) is 22.9. The Kier molecular flexibility index (Phi) is 6.12. The first-order chi connectivity index (χ1) is 15.1. The highest BCUT2D eigenvalue weighted by Gasteiger charge is 2.31. The van der Waals surface area contributed by atoms with Crippen LogP contribution in [0.3, 0.4) is 0 Å². The molecule has 12 heteroatoms. The third-order valence-electron chi connectivity index (χ3n) is 4.85. The molecular weight excluding hydrogens is 477 g/mol. The number of aromatic nitrogens is 1. The maximum absolute atomic E-state index is 13.1. The van der Waals surface area contributed by atoms with Crippen molar-refractivity contribution in [2.24, 2.45) is 0 Å². The van der Waals surface area contributed by atoms with Gasteiger partial charge in [-0.25, -0.2) is 30.9 Å². The van der Waals surface area contributed by atoms with Gasteiger partial charge in [-0.2, -0.15) is 0 Å². The Hall–Kier alpha value is -2.67. The predicted octanol–water partition coefficient (Wildman–Crippen LogP) is 2.67. The fourth-order valence-corrected chi connectivity index (χ4v) is 6.98. The highest BCUT2D eigenvalue weighted by atomic mass is 32.2. The van der Waals surface area contributed by atoms with E-state index in [2.05, 4.69) is 15.0 Å². The summed E-state index contributed by atoms with van der Waals surface area (Å²) in [4.78, 5) is 16.7. The Morgan fingerprint density at radius 1 is 1.09 bits per heavy atom. The second kappa shape index (κ2) is 8.70. The molecule has 1 aliphatic heterocycles. The van der Waals surface area contributed by atoms with Gasteiger partial charge in [0, 0.05) is 22.5 Å². The number of hydrogen-bond donors (Lipinski definition) is 2. The molecule has 32 heavy (non-hydrogen) atoms. The lowest BCUT2D eigenvalue weighted by Crippen LogP contribution is -2.35. The van der Waals surface area contributed by atoms with Crippen LogP contribution < -0.4 is 10.0 Å². The zero-order valence-corrected chi connectivity index (χ0v) is 18.9. The fourth-order valence-electron chi connectivity index (χ4n) is 3.21. The average molecular weight is 496 g/mol. The Morgan fingerprint density at radius 3 is 2.41 bits per heavy atom. The van der Waals surface area contributed by atoms with Gasteiger partial charge in [0.05, 0.1) is 22.1 Å². The van der Waals surface area contributed by atoms with E-state index in [4.69, 9.17) is 0 Å². The third kappa shape index (κ3) is 5.21. The summed E-state index contributed by atoms with van der Waals surface area (Å²) in [5.74, 6) is -1.09. The van der Waals surface area contributed by atoms with Crippen molar-refractivity contribution in [3.8, 4) is 11.3 Å². The van der Waals surface area contributed by atoms with Gasteiger partial charge in [0.2, 0.25) is 10.0 Å². The van der Waals surface area contributed by atoms with E-state index < -0.39 is 31.8 Å². The minimum absolute atomic E-state index is 0.0427. The largest absolute Gasteiger partial charge is 0.298 e. The minimum atomic E-state index is -3.91. The maximum atomic E-state index is 13.1. The number of halogens is 1. The van der Waals surface area contributed by atoms with Crippen molar-refractivity contribution >= 4 is 42.2 Å². The molecule has 1 atom stereocenters. The molecule has 0 radical (unpaired) electrons. The third-order valence-corrected chi connectivity index (χ3v) is 8.91. The molecule has 1 amide bonds. The lowest BCUT2D eigenvalue weighted by atomic mass is 10.2. The van der Waals surface area contributed by atoms with Crippen LogP contribution in [-0.2, 0) is 19.9 Å². The predicted molar refractivity (Wildman–Crippen MR) is 119 cm³/mol. The summed E-state index contributed by atoms with van der Waals surface area (Å²) < 4.78 is 63.5. The van der Waals surface area contributed by atoms with Crippen molar-refractivity contribution in [2.75, 3.05) is 16.8 Å². The van der Waals surface area contributed by atoms with Gasteiger partial charge in [-0.15, -0.1) is 11.3 Å². The summed E-state index contributed by atoms with van der Waals surface area (Å²) in [6, 6.07) is 10.5. The number of amides is 1. The average Bonchev–Trinajstić information content (AvgIpc) is 3.34. The van der Waals surface area contributed by atoms with Crippen molar-refractivity contribution in [1.82, 2.24) is 9.71 Å². The zero-order valence-electron chi connectivity index (χ0n) is 16.5. The molecule has 0 saturated carbocycles. The van der Waals surface area contributed by atoms with E-state index >= 15 is 0 Å². The smallest absolute Gasteiger partial charge is 0.257 e. The van der Waals surface area contributed by atoms with Crippen molar-refractivity contribution < 1.29 is 26.0 Å². The van der Waals surface area contributed by atoms with Gasteiger partial charge in [-0.05, 0) is 55.0 Å². The number of nitrogens with one attached hydrogen (secondary N) is 2. The van der Waals surface area contributed by atoms with Gasteiger partial charge >= 0.3 is 0 Å². The van der Waals surface area contributed by atoms with Crippen LogP contribution in [0.25, 0.3) is 11.3 Å². The van der Waals surface area contributed by atoms with Crippen LogP contribution in [0.2, 0.25) is 0 Å². The molecule has 3 aromatic rings. The summed E-state index contributed by atoms with van der Waals surface area (Å²) in [7, 11) is -7.13. The summed E-state index contributed by atoms with van der Waals surface area (Å²) >= 11 is 1.20. The minimum Gasteiger partial charge on any atom is -0.298 e. The van der Waals surface area contributed by atoms with Crippen molar-refractivity contribution in [3.63, 3.8) is 0 Å². The molecule has 8 nitrogen and oxygen atoms in total. The molecule has 168 valence electrons. The van der Waals surface area contributed by atoms with Crippen LogP contribution in [-0.4, -0.2) is 45.3 Å². The number of benzene rings is 2. The monoisotopic (exact) mass is 495 g/mol. The summed E-state index contributed by atoms with van der Waals surface area (Å²) in [5.41, 5.74) is 1.53. The summed E-state index contributed by atoms with van der Waals surface area (Å²) in [5, 5.41) is 4.72. The molecule has 0 spiro atoms. The Bertz CT molecular complexity index is 1350. The van der Waals surface area contributed by atoms with E-state index in [1.165, 1.54) is 47.7 Å². The van der Waals surface area contributed by atoms with E-state index in [0.717, 1.165) is 0 Å². The molecular formula is C20H18FN3O5S3. The summed E-state index contributed by atoms with van der Waals surface area (Å²) in [6.07, 6.45) is 0.232. The van der Waals surface area contributed by atoms with E-state index in [9.17, 15) is 26.0 Å². The SMILES string of the molecule is O=C(Nc1nc(-c2ccc(F)cc2)cs1)c1ccc(S(=O)(=O)NC2CCS(=O)(=O)C2)cc1. The molecule has 4 rings (SSSR count). The van der Waals surface area contributed by atoms with Crippen molar-refractivity contribution in [2.45, 2.75) is 17.4 Å². The Labute approximate surface area is 188 Å². The number of hydrogen-bond acceptors (Lipinski definition) is 7. The first-order valence-corrected chi connectivity index (χ1v) is 13.7. The topological polar surface area (TPSA) is 122 Å². The van der Waals surface area contributed by atoms with Gasteiger partial charge in [-0.1, -0.05) is 0 Å². The lowest BCUT2D eigenvalue weighted by Gasteiger charge is -2.12. The number of sulfonamides is 1. The van der Waals surface area contributed by atoms with Crippen LogP contribution in [0, 0.1) is 5.82 Å². The van der Waals surface area contributed by atoms with Crippen LogP contribution >= 0.6 is 11.3 Å². The second-order valence-electron chi connectivity index (χ2n) is 7.24. The first kappa shape index (κ1) is 22.5. The van der Waals surface area contributed by atoms with Gasteiger partial charge in [0.15, 0.2) is 15.0 Å². The van der Waals surface area contributed by atoms with Gasteiger partial charge in [0.1, 0.15) is 5.82 Å². The molecule has 0 aliphatic carbocycles. The molecule has 1 aromatic heterocycles. The van der Waals surface area contributed by atoms with E-state index in [1.807, 2.05) is 0 Å². The number of carbonyl (C=O) groups excluding carboxylic acids is 1. The first-order valence-electron chi connectivity index (χ1n) is 9.47. The highest BCUT2D eigenvalue weighted by Crippen LogP contribution is 2.25. The molecule has 1 unspecified atom stereocenters. The Morgan fingerprint density at radius 2 is 1.78 bits per heavy atom. The van der Waals surface area contributed by atoms with E-state index in [0.29, 0.717) is 16.4 Å². The molecule has 2 aromatic carbocycles. The number of thiazole rings is 1. The molecule has 2 heterocycles. The number of anilines is 1.